The second-order valence-electron chi connectivity index (χ2n) is 20.7. The van der Waals surface area contributed by atoms with Crippen LogP contribution in [0, 0.1) is 29.6 Å². The van der Waals surface area contributed by atoms with Crippen LogP contribution < -0.4 is 15.4 Å². The highest BCUT2D eigenvalue weighted by Crippen LogP contribution is 2.44. The quantitative estimate of drug-likeness (QED) is 0.0692. The Labute approximate surface area is 421 Å². The van der Waals surface area contributed by atoms with Crippen molar-refractivity contribution in [3.8, 4) is 28.1 Å². The van der Waals surface area contributed by atoms with Gasteiger partial charge in [-0.15, -0.1) is 0 Å². The first-order valence-corrected chi connectivity index (χ1v) is 26.1. The van der Waals surface area contributed by atoms with Crippen LogP contribution in [-0.4, -0.2) is 120 Å². The van der Waals surface area contributed by atoms with Crippen molar-refractivity contribution >= 4 is 45.8 Å². The van der Waals surface area contributed by atoms with E-state index in [-0.39, 0.29) is 47.6 Å². The highest BCUT2D eigenvalue weighted by molar-refractivity contribution is 6.07. The molecule has 17 heteroatoms. The Morgan fingerprint density at radius 2 is 1.39 bits per heavy atom. The van der Waals surface area contributed by atoms with Gasteiger partial charge in [0.25, 0.3) is 0 Å². The number of ether oxygens (including phenoxy) is 5. The molecule has 1 aliphatic carbocycles. The Bertz CT molecular complexity index is 2750. The molecule has 3 aliphatic heterocycles. The summed E-state index contributed by atoms with van der Waals surface area (Å²) in [5.74, 6) is 2.38. The Morgan fingerprint density at radius 3 is 2.03 bits per heavy atom. The smallest absolute Gasteiger partial charge is 0.407 e. The molecule has 17 nitrogen and oxygen atoms in total. The number of aromatic nitrogens is 4. The second-order valence-corrected chi connectivity index (χ2v) is 20.7. The van der Waals surface area contributed by atoms with Crippen LogP contribution in [0.25, 0.3) is 44.2 Å². The highest BCUT2D eigenvalue weighted by Gasteiger charge is 2.44. The van der Waals surface area contributed by atoms with E-state index in [1.807, 2.05) is 49.8 Å². The zero-order valence-electron chi connectivity index (χ0n) is 42.9. The van der Waals surface area contributed by atoms with Gasteiger partial charge in [-0.05, 0) is 89.8 Å². The molecule has 8 atom stereocenters. The number of H-pyrrole nitrogens is 2. The minimum absolute atomic E-state index is 0.101. The van der Waals surface area contributed by atoms with Crippen molar-refractivity contribution in [3.05, 3.63) is 65.9 Å². The number of methoxy groups -OCH3 is 3. The van der Waals surface area contributed by atoms with Crippen molar-refractivity contribution in [3.63, 3.8) is 0 Å². The van der Waals surface area contributed by atoms with Crippen LogP contribution in [0.15, 0.2) is 48.7 Å². The summed E-state index contributed by atoms with van der Waals surface area (Å²) < 4.78 is 28.3. The van der Waals surface area contributed by atoms with E-state index in [0.717, 1.165) is 62.1 Å². The number of benzene rings is 3. The number of imidazole rings is 2. The zero-order valence-corrected chi connectivity index (χ0v) is 42.9. The third-order valence-electron chi connectivity index (χ3n) is 16.0. The maximum atomic E-state index is 14.6. The minimum atomic E-state index is -0.752. The van der Waals surface area contributed by atoms with Crippen LogP contribution >= 0.6 is 0 Å². The maximum Gasteiger partial charge on any atom is 0.407 e. The van der Waals surface area contributed by atoms with Crippen molar-refractivity contribution in [2.75, 3.05) is 54.2 Å². The second kappa shape index (κ2) is 22.3. The average Bonchev–Trinajstić information content (AvgIpc) is 4.24. The molecular formula is C55H72N8O9. The standard InChI is InChI=1S/C55H72N8O9/c1-8-31(3)47(60-54(66)69-6)52(64)62-25-34(27-68-5)19-44(62)50-56-24-43(58-50)37-15-17-39-38(21-37)30-72-46-23-40-36(22-41(39)46)16-18-42-49(40)59-51(57-42)45-20-35(29-71-28-33-13-11-10-12-14-33)26-63(45)53(65)48(32(4)9-2)61-55(67)70-7/h15-18,21-24,31-35,44-45,47-48H,8-14,19-20,25-30H2,1-7H3,(H,56,58)(H,57,59)(H,60,66)(H,61,67)/t31-,32-,34-,35-,44-,45-,47-,48-/m0/s1. The van der Waals surface area contributed by atoms with Gasteiger partial charge >= 0.3 is 12.2 Å². The first-order chi connectivity index (χ1) is 34.9. The van der Waals surface area contributed by atoms with Crippen LogP contribution in [0.2, 0.25) is 0 Å². The first-order valence-electron chi connectivity index (χ1n) is 26.1. The largest absolute Gasteiger partial charge is 0.488 e. The van der Waals surface area contributed by atoms with Gasteiger partial charge in [0, 0.05) is 49.6 Å². The predicted octanol–water partition coefficient (Wildman–Crippen LogP) is 9.23. The summed E-state index contributed by atoms with van der Waals surface area (Å²) in [6.45, 7) is 11.1. The monoisotopic (exact) mass is 989 g/mol. The molecule has 0 unspecified atom stereocenters. The number of carbonyl (C=O) groups is 4. The van der Waals surface area contributed by atoms with Crippen molar-refractivity contribution in [2.24, 2.45) is 29.6 Å². The molecule has 1 saturated carbocycles. The summed E-state index contributed by atoms with van der Waals surface area (Å²) in [6.07, 6.45) is 9.52. The molecule has 0 radical (unpaired) electrons. The number of likely N-dealkylation sites (tertiary alicyclic amines) is 2. The van der Waals surface area contributed by atoms with E-state index < -0.39 is 24.3 Å². The molecule has 2 aromatic heterocycles. The van der Waals surface area contributed by atoms with Gasteiger partial charge in [-0.3, -0.25) is 9.59 Å². The van der Waals surface area contributed by atoms with Gasteiger partial charge in [0.1, 0.15) is 36.1 Å². The van der Waals surface area contributed by atoms with E-state index in [1.165, 1.54) is 46.3 Å². The van der Waals surface area contributed by atoms with Gasteiger partial charge in [-0.1, -0.05) is 78.0 Å². The SMILES string of the molecule is CC[C@H](C)[C@H](NC(=O)OC)C(=O)N1C[C@@H](COC)C[C@H]1c1ncc(-c2ccc3c(c2)COc2cc4c(ccc5[nH]c([C@@H]6C[C@H](COCC7CCCCC7)CN6C(=O)[C@@H](NC(=O)OC)[C@@H](C)CC)nc54)cc2-3)[nH]1. The van der Waals surface area contributed by atoms with Crippen molar-refractivity contribution in [2.45, 2.75) is 116 Å². The number of rotatable bonds is 17. The topological polar surface area (TPSA) is 202 Å². The van der Waals surface area contributed by atoms with Crippen molar-refractivity contribution < 1.29 is 42.9 Å². The van der Waals surface area contributed by atoms with Crippen LogP contribution in [0.1, 0.15) is 115 Å². The van der Waals surface area contributed by atoms with Gasteiger partial charge in [0.05, 0.1) is 62.4 Å². The number of fused-ring (bicyclic) bond motifs is 6. The summed E-state index contributed by atoms with van der Waals surface area (Å²) in [7, 11) is 4.28. The number of amides is 4. The fourth-order valence-electron chi connectivity index (χ4n) is 11.5. The van der Waals surface area contributed by atoms with E-state index in [2.05, 4.69) is 57.0 Å². The summed E-state index contributed by atoms with van der Waals surface area (Å²) in [5, 5.41) is 7.57. The molecular weight excluding hydrogens is 917 g/mol. The number of alkyl carbamates (subject to hydrolysis) is 2. The summed E-state index contributed by atoms with van der Waals surface area (Å²) in [5.41, 5.74) is 6.50. The van der Waals surface area contributed by atoms with E-state index in [1.54, 1.807) is 7.11 Å². The molecule has 3 fully saturated rings. The summed E-state index contributed by atoms with van der Waals surface area (Å²) >= 11 is 0. The van der Waals surface area contributed by atoms with Crippen LogP contribution in [0.5, 0.6) is 5.75 Å². The number of carbonyl (C=O) groups excluding carboxylic acids is 4. The van der Waals surface area contributed by atoms with Crippen molar-refractivity contribution in [1.82, 2.24) is 40.4 Å². The van der Waals surface area contributed by atoms with Gasteiger partial charge in [0.2, 0.25) is 11.8 Å². The molecule has 0 spiro atoms. The lowest BCUT2D eigenvalue weighted by Crippen LogP contribution is -2.51. The van der Waals surface area contributed by atoms with E-state index in [4.69, 9.17) is 33.7 Å². The van der Waals surface area contributed by atoms with E-state index in [0.29, 0.717) is 76.2 Å². The third-order valence-corrected chi connectivity index (χ3v) is 16.0. The number of nitrogens with zero attached hydrogens (tertiary/aromatic N) is 4. The lowest BCUT2D eigenvalue weighted by molar-refractivity contribution is -0.136. The van der Waals surface area contributed by atoms with Gasteiger partial charge in [-0.25, -0.2) is 19.6 Å². The average molecular weight is 989 g/mol. The molecule has 4 aliphatic rings. The molecule has 386 valence electrons. The van der Waals surface area contributed by atoms with Crippen LogP contribution in [0.4, 0.5) is 9.59 Å². The third kappa shape index (κ3) is 10.5. The lowest BCUT2D eigenvalue weighted by Gasteiger charge is -2.31. The van der Waals surface area contributed by atoms with Crippen molar-refractivity contribution in [1.29, 1.82) is 0 Å². The van der Waals surface area contributed by atoms with E-state index >= 15 is 0 Å². The Kier molecular flexibility index (Phi) is 15.7. The maximum absolute atomic E-state index is 14.6. The van der Waals surface area contributed by atoms with Crippen LogP contribution in [0.3, 0.4) is 0 Å². The molecule has 0 bridgehead atoms. The molecule has 2 saturated heterocycles. The number of aromatic amines is 2. The molecule has 5 aromatic rings. The lowest BCUT2D eigenvalue weighted by atomic mass is 9.90. The number of hydrogen-bond acceptors (Lipinski definition) is 11. The van der Waals surface area contributed by atoms with Gasteiger partial charge in [-0.2, -0.15) is 0 Å². The number of hydrogen-bond donors (Lipinski definition) is 4. The highest BCUT2D eigenvalue weighted by atomic mass is 16.5. The molecule has 4 amide bonds. The summed E-state index contributed by atoms with van der Waals surface area (Å²) in [6, 6.07) is 12.5. The Balaban J connectivity index is 0.966. The normalized spacial score (nSPS) is 21.7. The molecule has 3 aromatic carbocycles. The Hall–Kier alpha value is -6.20. The van der Waals surface area contributed by atoms with Crippen LogP contribution in [-0.2, 0) is 35.1 Å². The Morgan fingerprint density at radius 1 is 0.750 bits per heavy atom. The number of nitrogens with one attached hydrogen (secondary N) is 4. The molecule has 4 N–H and O–H groups in total. The fraction of sp³-hybridized carbons (Fsp3) is 0.564. The van der Waals surface area contributed by atoms with E-state index in [9.17, 15) is 19.2 Å². The predicted molar refractivity (Wildman–Crippen MR) is 273 cm³/mol. The summed E-state index contributed by atoms with van der Waals surface area (Å²) in [4.78, 5) is 74.6. The minimum Gasteiger partial charge on any atom is -0.488 e. The van der Waals surface area contributed by atoms with Gasteiger partial charge < -0.3 is 54.1 Å². The molecule has 72 heavy (non-hydrogen) atoms. The fourth-order valence-corrected chi connectivity index (χ4v) is 11.5. The van der Waals surface area contributed by atoms with Gasteiger partial charge in [0.15, 0.2) is 0 Å². The molecule has 5 heterocycles. The zero-order chi connectivity index (χ0) is 50.6. The molecule has 9 rings (SSSR count). The first kappa shape index (κ1) is 50.7.